The predicted octanol–water partition coefficient (Wildman–Crippen LogP) is 3.19. The van der Waals surface area contributed by atoms with E-state index in [0.717, 1.165) is 37.7 Å². The SMILES string of the molecule is COc1ccc([N+](=O)[O-])cc1C=Nc1ccc(N2CCOCC2)cc1. The van der Waals surface area contributed by atoms with Crippen LogP contribution in [0.5, 0.6) is 5.75 Å². The number of nitrogens with zero attached hydrogens (tertiary/aromatic N) is 3. The van der Waals surface area contributed by atoms with Gasteiger partial charge in [-0.3, -0.25) is 15.1 Å². The lowest BCUT2D eigenvalue weighted by Crippen LogP contribution is -2.36. The lowest BCUT2D eigenvalue weighted by molar-refractivity contribution is -0.384. The maximum Gasteiger partial charge on any atom is 0.270 e. The van der Waals surface area contributed by atoms with Crippen molar-refractivity contribution in [2.45, 2.75) is 0 Å². The van der Waals surface area contributed by atoms with Gasteiger partial charge in [-0.2, -0.15) is 0 Å². The third-order valence-corrected chi connectivity index (χ3v) is 4.00. The first-order valence-electron chi connectivity index (χ1n) is 7.96. The Balaban J connectivity index is 1.77. The molecular formula is C18H19N3O4. The maximum absolute atomic E-state index is 10.9. The number of ether oxygens (including phenoxy) is 2. The molecule has 0 N–H and O–H groups in total. The normalized spacial score (nSPS) is 14.7. The van der Waals surface area contributed by atoms with Gasteiger partial charge in [-0.25, -0.2) is 0 Å². The highest BCUT2D eigenvalue weighted by Crippen LogP contribution is 2.24. The van der Waals surface area contributed by atoms with Gasteiger partial charge in [0.2, 0.25) is 0 Å². The van der Waals surface area contributed by atoms with Crippen LogP contribution in [0.15, 0.2) is 47.5 Å². The minimum atomic E-state index is -0.437. The van der Waals surface area contributed by atoms with Crippen molar-refractivity contribution >= 4 is 23.3 Å². The van der Waals surface area contributed by atoms with Gasteiger partial charge in [0.1, 0.15) is 5.75 Å². The van der Waals surface area contributed by atoms with Crippen LogP contribution in [0.2, 0.25) is 0 Å². The molecule has 0 atom stereocenters. The van der Waals surface area contributed by atoms with E-state index in [4.69, 9.17) is 9.47 Å². The Bertz CT molecular complexity index is 768. The molecule has 1 heterocycles. The van der Waals surface area contributed by atoms with E-state index in [2.05, 4.69) is 9.89 Å². The third kappa shape index (κ3) is 4.13. The lowest BCUT2D eigenvalue weighted by Gasteiger charge is -2.28. The summed E-state index contributed by atoms with van der Waals surface area (Å²) in [6, 6.07) is 12.3. The summed E-state index contributed by atoms with van der Waals surface area (Å²) in [7, 11) is 1.52. The van der Waals surface area contributed by atoms with E-state index in [1.165, 1.54) is 19.2 Å². The summed E-state index contributed by atoms with van der Waals surface area (Å²) >= 11 is 0. The molecule has 0 saturated carbocycles. The highest BCUT2D eigenvalue weighted by Gasteiger charge is 2.11. The summed E-state index contributed by atoms with van der Waals surface area (Å²) in [6.07, 6.45) is 1.58. The van der Waals surface area contributed by atoms with Crippen molar-refractivity contribution in [3.05, 3.63) is 58.1 Å². The van der Waals surface area contributed by atoms with Crippen molar-refractivity contribution in [1.82, 2.24) is 0 Å². The van der Waals surface area contributed by atoms with E-state index in [0.29, 0.717) is 11.3 Å². The molecule has 7 nitrogen and oxygen atoms in total. The van der Waals surface area contributed by atoms with Gasteiger partial charge in [0.25, 0.3) is 5.69 Å². The van der Waals surface area contributed by atoms with E-state index in [1.807, 2.05) is 24.3 Å². The topological polar surface area (TPSA) is 77.2 Å². The Morgan fingerprint density at radius 1 is 1.20 bits per heavy atom. The smallest absolute Gasteiger partial charge is 0.270 e. The maximum atomic E-state index is 10.9. The second kappa shape index (κ2) is 7.76. The number of methoxy groups -OCH3 is 1. The molecular weight excluding hydrogens is 322 g/mol. The molecule has 0 spiro atoms. The minimum absolute atomic E-state index is 0.00455. The standard InChI is InChI=1S/C18H19N3O4/c1-24-18-7-6-17(21(22)23)12-14(18)13-19-15-2-4-16(5-3-15)20-8-10-25-11-9-20/h2-7,12-13H,8-11H2,1H3. The Labute approximate surface area is 145 Å². The van der Waals surface area contributed by atoms with Crippen molar-refractivity contribution in [3.8, 4) is 5.75 Å². The second-order valence-corrected chi connectivity index (χ2v) is 5.56. The van der Waals surface area contributed by atoms with E-state index in [9.17, 15) is 10.1 Å². The van der Waals surface area contributed by atoms with Crippen LogP contribution in [-0.2, 0) is 4.74 Å². The largest absolute Gasteiger partial charge is 0.496 e. The first-order chi connectivity index (χ1) is 12.2. The van der Waals surface area contributed by atoms with Gasteiger partial charge >= 0.3 is 0 Å². The zero-order chi connectivity index (χ0) is 17.6. The van der Waals surface area contributed by atoms with Gasteiger partial charge in [0, 0.05) is 42.7 Å². The number of nitro groups is 1. The number of aliphatic imine (C=N–C) groups is 1. The van der Waals surface area contributed by atoms with Crippen molar-refractivity contribution in [1.29, 1.82) is 0 Å². The monoisotopic (exact) mass is 341 g/mol. The Morgan fingerprint density at radius 2 is 1.92 bits per heavy atom. The highest BCUT2D eigenvalue weighted by molar-refractivity contribution is 5.86. The Kier molecular flexibility index (Phi) is 5.25. The van der Waals surface area contributed by atoms with Crippen LogP contribution < -0.4 is 9.64 Å². The van der Waals surface area contributed by atoms with Crippen molar-refractivity contribution in [2.24, 2.45) is 4.99 Å². The van der Waals surface area contributed by atoms with Crippen LogP contribution in [-0.4, -0.2) is 44.6 Å². The van der Waals surface area contributed by atoms with Crippen LogP contribution in [0.3, 0.4) is 0 Å². The first kappa shape index (κ1) is 16.9. The zero-order valence-electron chi connectivity index (χ0n) is 13.9. The summed E-state index contributed by atoms with van der Waals surface area (Å²) < 4.78 is 10.6. The zero-order valence-corrected chi connectivity index (χ0v) is 13.9. The summed E-state index contributed by atoms with van der Waals surface area (Å²) in [4.78, 5) is 17.2. The first-order valence-corrected chi connectivity index (χ1v) is 7.96. The van der Waals surface area contributed by atoms with Crippen LogP contribution in [0.1, 0.15) is 5.56 Å². The highest BCUT2D eigenvalue weighted by atomic mass is 16.6. The van der Waals surface area contributed by atoms with Crippen molar-refractivity contribution in [2.75, 3.05) is 38.3 Å². The number of non-ortho nitro benzene ring substituents is 1. The van der Waals surface area contributed by atoms with Gasteiger partial charge in [-0.1, -0.05) is 0 Å². The molecule has 25 heavy (non-hydrogen) atoms. The minimum Gasteiger partial charge on any atom is -0.496 e. The van der Waals surface area contributed by atoms with Crippen LogP contribution in [0.25, 0.3) is 0 Å². The number of hydrogen-bond acceptors (Lipinski definition) is 6. The van der Waals surface area contributed by atoms with Crippen LogP contribution >= 0.6 is 0 Å². The molecule has 3 rings (SSSR count). The summed E-state index contributed by atoms with van der Waals surface area (Å²) in [5, 5.41) is 10.9. The number of morpholine rings is 1. The molecule has 0 radical (unpaired) electrons. The van der Waals surface area contributed by atoms with E-state index >= 15 is 0 Å². The van der Waals surface area contributed by atoms with Crippen molar-refractivity contribution < 1.29 is 14.4 Å². The number of hydrogen-bond donors (Lipinski definition) is 0. The summed E-state index contributed by atoms with van der Waals surface area (Å²) in [5.74, 6) is 0.541. The average molecular weight is 341 g/mol. The fraction of sp³-hybridized carbons (Fsp3) is 0.278. The van der Waals surface area contributed by atoms with Crippen LogP contribution in [0, 0.1) is 10.1 Å². The lowest BCUT2D eigenvalue weighted by atomic mass is 10.2. The molecule has 1 saturated heterocycles. The molecule has 1 aliphatic rings. The molecule has 2 aromatic carbocycles. The number of nitro benzene ring substituents is 1. The molecule has 0 aromatic heterocycles. The van der Waals surface area contributed by atoms with E-state index in [1.54, 1.807) is 12.3 Å². The second-order valence-electron chi connectivity index (χ2n) is 5.56. The molecule has 0 bridgehead atoms. The van der Waals surface area contributed by atoms with Gasteiger partial charge < -0.3 is 14.4 Å². The fourth-order valence-electron chi connectivity index (χ4n) is 2.65. The third-order valence-electron chi connectivity index (χ3n) is 4.00. The number of anilines is 1. The van der Waals surface area contributed by atoms with Gasteiger partial charge in [-0.15, -0.1) is 0 Å². The van der Waals surface area contributed by atoms with Gasteiger partial charge in [0.15, 0.2) is 0 Å². The Hall–Kier alpha value is -2.93. The molecule has 1 fully saturated rings. The summed E-state index contributed by atoms with van der Waals surface area (Å²) in [6.45, 7) is 3.25. The van der Waals surface area contributed by atoms with E-state index < -0.39 is 4.92 Å². The van der Waals surface area contributed by atoms with Gasteiger partial charge in [-0.05, 0) is 30.3 Å². The van der Waals surface area contributed by atoms with Crippen LogP contribution in [0.4, 0.5) is 17.1 Å². The molecule has 0 unspecified atom stereocenters. The molecule has 7 heteroatoms. The average Bonchev–Trinajstić information content (AvgIpc) is 2.67. The summed E-state index contributed by atoms with van der Waals surface area (Å²) in [5.41, 5.74) is 2.47. The quantitative estimate of drug-likeness (QED) is 0.474. The van der Waals surface area contributed by atoms with Crippen molar-refractivity contribution in [3.63, 3.8) is 0 Å². The fourth-order valence-corrected chi connectivity index (χ4v) is 2.65. The van der Waals surface area contributed by atoms with Gasteiger partial charge in [0.05, 0.1) is 30.9 Å². The number of benzene rings is 2. The molecule has 130 valence electrons. The number of rotatable bonds is 5. The van der Waals surface area contributed by atoms with E-state index in [-0.39, 0.29) is 5.69 Å². The molecule has 0 aliphatic carbocycles. The Morgan fingerprint density at radius 3 is 2.56 bits per heavy atom. The molecule has 1 aliphatic heterocycles. The predicted molar refractivity (Wildman–Crippen MR) is 96.4 cm³/mol. The molecule has 2 aromatic rings. The molecule has 0 amide bonds.